The highest BCUT2D eigenvalue weighted by atomic mass is 16.3. The molecule has 1 N–H and O–H groups in total. The number of rotatable bonds is 4. The Kier molecular flexibility index (Phi) is 3.75. The Morgan fingerprint density at radius 2 is 2.05 bits per heavy atom. The van der Waals surface area contributed by atoms with Gasteiger partial charge in [0.1, 0.15) is 5.76 Å². The van der Waals surface area contributed by atoms with E-state index in [1.807, 2.05) is 51.2 Å². The molecule has 1 aromatic carbocycles. The first-order valence-corrected chi connectivity index (χ1v) is 7.43. The number of carbonyl (C=O) groups is 1. The van der Waals surface area contributed by atoms with Crippen LogP contribution in [-0.4, -0.2) is 22.8 Å². The number of hydrogen-bond donors (Lipinski definition) is 1. The van der Waals surface area contributed by atoms with Crippen molar-refractivity contribution in [1.29, 1.82) is 0 Å². The molecule has 0 aliphatic carbocycles. The minimum Gasteiger partial charge on any atom is -0.467 e. The van der Waals surface area contributed by atoms with Crippen LogP contribution in [0.2, 0.25) is 0 Å². The van der Waals surface area contributed by atoms with Crippen LogP contribution in [-0.2, 0) is 11.2 Å². The maximum atomic E-state index is 12.6. The number of aromatic nitrogens is 1. The van der Waals surface area contributed by atoms with Gasteiger partial charge in [-0.05, 0) is 37.6 Å². The molecule has 0 saturated heterocycles. The number of H-pyrrole nitrogens is 1. The van der Waals surface area contributed by atoms with E-state index in [9.17, 15) is 4.79 Å². The molecule has 4 heteroatoms. The Labute approximate surface area is 129 Å². The number of amides is 1. The number of nitrogens with one attached hydrogen (secondary N) is 1. The fourth-order valence-electron chi connectivity index (χ4n) is 2.77. The highest BCUT2D eigenvalue weighted by molar-refractivity contribution is 5.90. The number of aryl methyl sites for hydroxylation is 1. The summed E-state index contributed by atoms with van der Waals surface area (Å²) < 4.78 is 5.40. The van der Waals surface area contributed by atoms with Gasteiger partial charge < -0.3 is 14.3 Å². The molecular weight excluding hydrogens is 276 g/mol. The van der Waals surface area contributed by atoms with E-state index in [0.29, 0.717) is 6.42 Å². The van der Waals surface area contributed by atoms with Gasteiger partial charge in [0.2, 0.25) is 5.91 Å². The van der Waals surface area contributed by atoms with Gasteiger partial charge in [-0.25, -0.2) is 0 Å². The second kappa shape index (κ2) is 5.72. The van der Waals surface area contributed by atoms with Gasteiger partial charge in [0, 0.05) is 23.6 Å². The molecule has 2 heterocycles. The van der Waals surface area contributed by atoms with Crippen molar-refractivity contribution in [3.8, 4) is 0 Å². The highest BCUT2D eigenvalue weighted by Gasteiger charge is 2.21. The molecule has 0 radical (unpaired) electrons. The lowest BCUT2D eigenvalue weighted by atomic mass is 10.1. The predicted molar refractivity (Wildman–Crippen MR) is 86.6 cm³/mol. The number of likely N-dealkylation sites (N-methyl/N-ethyl adjacent to an activating group) is 1. The quantitative estimate of drug-likeness (QED) is 0.795. The van der Waals surface area contributed by atoms with Gasteiger partial charge in [-0.3, -0.25) is 4.79 Å². The van der Waals surface area contributed by atoms with Crippen LogP contribution < -0.4 is 0 Å². The van der Waals surface area contributed by atoms with Crippen molar-refractivity contribution in [2.24, 2.45) is 0 Å². The molecule has 1 amide bonds. The third-order valence-corrected chi connectivity index (χ3v) is 4.28. The predicted octanol–water partition coefficient (Wildman–Crippen LogP) is 3.83. The Hall–Kier alpha value is -2.49. The van der Waals surface area contributed by atoms with Gasteiger partial charge in [-0.1, -0.05) is 18.2 Å². The van der Waals surface area contributed by atoms with Crippen molar-refractivity contribution >= 4 is 16.8 Å². The SMILES string of the molecule is Cc1[nH]c2ccccc2c1CC(=O)N(C)C(C)c1ccco1. The van der Waals surface area contributed by atoms with Gasteiger partial charge in [0.05, 0.1) is 18.7 Å². The Morgan fingerprint density at radius 1 is 1.27 bits per heavy atom. The molecule has 1 unspecified atom stereocenters. The van der Waals surface area contributed by atoms with Crippen molar-refractivity contribution in [1.82, 2.24) is 9.88 Å². The molecular formula is C18H20N2O2. The number of para-hydroxylation sites is 1. The Morgan fingerprint density at radius 3 is 2.77 bits per heavy atom. The lowest BCUT2D eigenvalue weighted by molar-refractivity contribution is -0.131. The van der Waals surface area contributed by atoms with E-state index in [2.05, 4.69) is 11.1 Å². The van der Waals surface area contributed by atoms with Crippen LogP contribution in [0.5, 0.6) is 0 Å². The molecule has 0 fully saturated rings. The minimum absolute atomic E-state index is 0.0759. The minimum atomic E-state index is -0.0759. The van der Waals surface area contributed by atoms with Crippen molar-refractivity contribution in [3.05, 3.63) is 59.7 Å². The van der Waals surface area contributed by atoms with Gasteiger partial charge in [0.15, 0.2) is 0 Å². The smallest absolute Gasteiger partial charge is 0.227 e. The molecule has 1 atom stereocenters. The largest absolute Gasteiger partial charge is 0.467 e. The van der Waals surface area contributed by atoms with Gasteiger partial charge >= 0.3 is 0 Å². The zero-order valence-corrected chi connectivity index (χ0v) is 13.1. The van der Waals surface area contributed by atoms with Crippen LogP contribution in [0.4, 0.5) is 0 Å². The van der Waals surface area contributed by atoms with Crippen LogP contribution >= 0.6 is 0 Å². The van der Waals surface area contributed by atoms with Crippen LogP contribution in [0.3, 0.4) is 0 Å². The summed E-state index contributed by atoms with van der Waals surface area (Å²) in [5.74, 6) is 0.878. The topological polar surface area (TPSA) is 49.2 Å². The number of furan rings is 1. The lowest BCUT2D eigenvalue weighted by Crippen LogP contribution is -2.30. The van der Waals surface area contributed by atoms with E-state index >= 15 is 0 Å². The Bertz CT molecular complexity index is 787. The average Bonchev–Trinajstić information content (AvgIpc) is 3.15. The first kappa shape index (κ1) is 14.4. The summed E-state index contributed by atoms with van der Waals surface area (Å²) in [4.78, 5) is 17.7. The fourth-order valence-corrected chi connectivity index (χ4v) is 2.77. The summed E-state index contributed by atoms with van der Waals surface area (Å²) in [5.41, 5.74) is 3.19. The maximum Gasteiger partial charge on any atom is 0.227 e. The second-order valence-corrected chi connectivity index (χ2v) is 5.65. The third kappa shape index (κ3) is 2.52. The van der Waals surface area contributed by atoms with Crippen molar-refractivity contribution < 1.29 is 9.21 Å². The van der Waals surface area contributed by atoms with Crippen LogP contribution in [0.1, 0.15) is 30.0 Å². The number of hydrogen-bond acceptors (Lipinski definition) is 2. The Balaban J connectivity index is 1.82. The maximum absolute atomic E-state index is 12.6. The summed E-state index contributed by atoms with van der Waals surface area (Å²) in [7, 11) is 1.82. The lowest BCUT2D eigenvalue weighted by Gasteiger charge is -2.23. The van der Waals surface area contributed by atoms with E-state index in [1.54, 1.807) is 11.2 Å². The molecule has 0 aliphatic rings. The van der Waals surface area contributed by atoms with Gasteiger partial charge in [-0.15, -0.1) is 0 Å². The summed E-state index contributed by atoms with van der Waals surface area (Å²) in [6.45, 7) is 3.98. The van der Waals surface area contributed by atoms with Gasteiger partial charge in [-0.2, -0.15) is 0 Å². The number of nitrogens with zero attached hydrogens (tertiary/aromatic N) is 1. The van der Waals surface area contributed by atoms with Crippen molar-refractivity contribution in [2.75, 3.05) is 7.05 Å². The summed E-state index contributed by atoms with van der Waals surface area (Å²) in [6.07, 6.45) is 2.02. The monoisotopic (exact) mass is 296 g/mol. The number of aromatic amines is 1. The van der Waals surface area contributed by atoms with Crippen LogP contribution in [0.25, 0.3) is 10.9 Å². The van der Waals surface area contributed by atoms with E-state index in [-0.39, 0.29) is 11.9 Å². The summed E-state index contributed by atoms with van der Waals surface area (Å²) >= 11 is 0. The number of fused-ring (bicyclic) bond motifs is 1. The normalized spacial score (nSPS) is 12.5. The molecule has 114 valence electrons. The van der Waals surface area contributed by atoms with Crippen molar-refractivity contribution in [3.63, 3.8) is 0 Å². The molecule has 0 aliphatic heterocycles. The molecule has 3 aromatic rings. The molecule has 0 saturated carbocycles. The molecule has 4 nitrogen and oxygen atoms in total. The first-order chi connectivity index (χ1) is 10.6. The molecule has 0 spiro atoms. The zero-order valence-electron chi connectivity index (χ0n) is 13.1. The first-order valence-electron chi connectivity index (χ1n) is 7.43. The highest BCUT2D eigenvalue weighted by Crippen LogP contribution is 2.25. The van der Waals surface area contributed by atoms with Gasteiger partial charge in [0.25, 0.3) is 0 Å². The van der Waals surface area contributed by atoms with E-state index in [1.165, 1.54) is 0 Å². The number of benzene rings is 1. The summed E-state index contributed by atoms with van der Waals surface area (Å²) in [5, 5.41) is 1.12. The summed E-state index contributed by atoms with van der Waals surface area (Å²) in [6, 6.07) is 11.7. The van der Waals surface area contributed by atoms with E-state index in [0.717, 1.165) is 27.9 Å². The van der Waals surface area contributed by atoms with Crippen molar-refractivity contribution in [2.45, 2.75) is 26.3 Å². The molecule has 3 rings (SSSR count). The average molecular weight is 296 g/mol. The van der Waals surface area contributed by atoms with Crippen LogP contribution in [0.15, 0.2) is 47.1 Å². The van der Waals surface area contributed by atoms with E-state index in [4.69, 9.17) is 4.42 Å². The van der Waals surface area contributed by atoms with E-state index < -0.39 is 0 Å². The standard InChI is InChI=1S/C18H20N2O2/c1-12-15(14-7-4-5-8-16(14)19-12)11-18(21)20(3)13(2)17-9-6-10-22-17/h4-10,13,19H,11H2,1-3H3. The second-order valence-electron chi connectivity index (χ2n) is 5.65. The third-order valence-electron chi connectivity index (χ3n) is 4.28. The molecule has 0 bridgehead atoms. The zero-order chi connectivity index (χ0) is 15.7. The number of carbonyl (C=O) groups excluding carboxylic acids is 1. The molecule has 2 aromatic heterocycles. The fraction of sp³-hybridized carbons (Fsp3) is 0.278. The molecule has 22 heavy (non-hydrogen) atoms. The van der Waals surface area contributed by atoms with Crippen LogP contribution in [0, 0.1) is 6.92 Å².